The fraction of sp³-hybridized carbons (Fsp3) is 0.552. The smallest absolute Gasteiger partial charge is 0.434 e. The molecular formula is C29H42O7. The van der Waals surface area contributed by atoms with Crippen LogP contribution < -0.4 is 0 Å². The highest BCUT2D eigenvalue weighted by Gasteiger charge is 2.17. The minimum absolute atomic E-state index is 0.0776. The summed E-state index contributed by atoms with van der Waals surface area (Å²) in [6.07, 6.45) is -0.00207. The van der Waals surface area contributed by atoms with E-state index in [4.69, 9.17) is 28.4 Å². The lowest BCUT2D eigenvalue weighted by atomic mass is 9.97. The summed E-state index contributed by atoms with van der Waals surface area (Å²) in [6, 6.07) is 20.1. The van der Waals surface area contributed by atoms with Crippen LogP contribution in [0.2, 0.25) is 0 Å². The van der Waals surface area contributed by atoms with Gasteiger partial charge in [-0.2, -0.15) is 0 Å². The Bertz CT molecular complexity index is 747. The van der Waals surface area contributed by atoms with Crippen LogP contribution in [-0.4, -0.2) is 58.4 Å². The van der Waals surface area contributed by atoms with Crippen molar-refractivity contribution in [3.05, 3.63) is 71.8 Å². The van der Waals surface area contributed by atoms with Crippen molar-refractivity contribution in [2.24, 2.45) is 0 Å². The molecule has 0 aliphatic heterocycles. The Balaban J connectivity index is 1.79. The number of carbonyl (C=O) groups excluding carboxylic acids is 1. The van der Waals surface area contributed by atoms with Gasteiger partial charge in [-0.3, -0.25) is 0 Å². The summed E-state index contributed by atoms with van der Waals surface area (Å²) in [5.41, 5.74) is 2.26. The fourth-order valence-corrected chi connectivity index (χ4v) is 3.82. The molecule has 0 saturated heterocycles. The van der Waals surface area contributed by atoms with E-state index in [0.717, 1.165) is 11.1 Å². The normalized spacial score (nSPS) is 14.6. The van der Waals surface area contributed by atoms with Gasteiger partial charge >= 0.3 is 6.16 Å². The van der Waals surface area contributed by atoms with Crippen LogP contribution in [0.3, 0.4) is 0 Å². The van der Waals surface area contributed by atoms with Crippen LogP contribution in [0.4, 0.5) is 4.79 Å². The highest BCUT2D eigenvalue weighted by Crippen LogP contribution is 2.22. The molecule has 7 heteroatoms. The van der Waals surface area contributed by atoms with Gasteiger partial charge in [0.1, 0.15) is 0 Å². The van der Waals surface area contributed by atoms with E-state index in [2.05, 4.69) is 24.3 Å². The number of ether oxygens (including phenoxy) is 6. The van der Waals surface area contributed by atoms with Crippen molar-refractivity contribution in [2.75, 3.05) is 39.6 Å². The zero-order chi connectivity index (χ0) is 26.0. The first-order valence-electron chi connectivity index (χ1n) is 12.9. The molecule has 4 unspecified atom stereocenters. The average molecular weight is 503 g/mol. The monoisotopic (exact) mass is 502 g/mol. The molecule has 36 heavy (non-hydrogen) atoms. The molecule has 0 heterocycles. The lowest BCUT2D eigenvalue weighted by Gasteiger charge is -2.21. The molecule has 200 valence electrons. The van der Waals surface area contributed by atoms with Crippen molar-refractivity contribution >= 4 is 6.16 Å². The predicted molar refractivity (Wildman–Crippen MR) is 139 cm³/mol. The molecule has 0 saturated carbocycles. The Labute approximate surface area is 216 Å². The summed E-state index contributed by atoms with van der Waals surface area (Å²) in [6.45, 7) is 10.2. The van der Waals surface area contributed by atoms with Gasteiger partial charge in [-0.05, 0) is 51.7 Å². The highest BCUT2D eigenvalue weighted by atomic mass is 16.7. The Kier molecular flexibility index (Phi) is 14.8. The third-order valence-corrected chi connectivity index (χ3v) is 5.78. The number of rotatable bonds is 18. The predicted octanol–water partition coefficient (Wildman–Crippen LogP) is 6.29. The summed E-state index contributed by atoms with van der Waals surface area (Å²) in [5, 5.41) is 0. The van der Waals surface area contributed by atoms with Crippen molar-refractivity contribution in [1.82, 2.24) is 0 Å². The number of hydrogen-bond donors (Lipinski definition) is 0. The first-order chi connectivity index (χ1) is 17.5. The topological polar surface area (TPSA) is 72.5 Å². The maximum atomic E-state index is 12.2. The van der Waals surface area contributed by atoms with Gasteiger partial charge in [0.25, 0.3) is 0 Å². The summed E-state index contributed by atoms with van der Waals surface area (Å²) >= 11 is 0. The van der Waals surface area contributed by atoms with Crippen LogP contribution in [0.1, 0.15) is 63.5 Å². The van der Waals surface area contributed by atoms with Crippen LogP contribution in [0, 0.1) is 0 Å². The van der Waals surface area contributed by atoms with Crippen molar-refractivity contribution in [2.45, 2.75) is 65.0 Å². The molecule has 0 amide bonds. The van der Waals surface area contributed by atoms with Crippen LogP contribution in [-0.2, 0) is 28.4 Å². The third-order valence-electron chi connectivity index (χ3n) is 5.78. The van der Waals surface area contributed by atoms with Gasteiger partial charge in [0, 0.05) is 25.0 Å². The van der Waals surface area contributed by atoms with Crippen LogP contribution in [0.5, 0.6) is 0 Å². The van der Waals surface area contributed by atoms with Gasteiger partial charge in [0.2, 0.25) is 0 Å². The molecule has 0 aromatic heterocycles. The SMILES string of the molecule is CCOC(C)OCC(CCOC(=O)OCCC(COC(C)OCC)c1ccccc1)c1ccccc1. The number of hydrogen-bond acceptors (Lipinski definition) is 7. The van der Waals surface area contributed by atoms with E-state index >= 15 is 0 Å². The molecule has 0 N–H and O–H groups in total. The highest BCUT2D eigenvalue weighted by molar-refractivity contribution is 5.59. The molecular weight excluding hydrogens is 460 g/mol. The van der Waals surface area contributed by atoms with Crippen molar-refractivity contribution in [3.63, 3.8) is 0 Å². The maximum absolute atomic E-state index is 12.2. The summed E-state index contributed by atoms with van der Waals surface area (Å²) in [4.78, 5) is 12.2. The zero-order valence-corrected chi connectivity index (χ0v) is 22.1. The molecule has 0 bridgehead atoms. The molecule has 2 aromatic rings. The van der Waals surface area contributed by atoms with E-state index < -0.39 is 6.16 Å². The van der Waals surface area contributed by atoms with E-state index in [-0.39, 0.29) is 37.6 Å². The van der Waals surface area contributed by atoms with E-state index in [1.54, 1.807) is 0 Å². The van der Waals surface area contributed by atoms with Gasteiger partial charge in [-0.15, -0.1) is 0 Å². The van der Waals surface area contributed by atoms with Gasteiger partial charge in [0.05, 0.1) is 26.4 Å². The van der Waals surface area contributed by atoms with Crippen LogP contribution in [0.15, 0.2) is 60.7 Å². The van der Waals surface area contributed by atoms with E-state index in [9.17, 15) is 4.79 Å². The first kappa shape index (κ1) is 29.8. The average Bonchev–Trinajstić information content (AvgIpc) is 2.89. The second-order valence-electron chi connectivity index (χ2n) is 8.45. The Morgan fingerprint density at radius 3 is 1.39 bits per heavy atom. The molecule has 2 aromatic carbocycles. The molecule has 0 aliphatic rings. The standard InChI is InChI=1S/C29H42O7/c1-5-31-23(3)35-21-27(25-13-9-7-10-14-25)17-19-33-29(30)34-20-18-28(22-36-24(4)32-6-2)26-15-11-8-12-16-26/h7-16,23-24,27-28H,5-6,17-22H2,1-4H3. The van der Waals surface area contributed by atoms with Crippen LogP contribution >= 0.6 is 0 Å². The zero-order valence-electron chi connectivity index (χ0n) is 22.1. The van der Waals surface area contributed by atoms with Gasteiger partial charge in [-0.1, -0.05) is 60.7 Å². The molecule has 0 fully saturated rings. The minimum Gasteiger partial charge on any atom is -0.434 e. The van der Waals surface area contributed by atoms with E-state index in [1.807, 2.05) is 64.1 Å². The van der Waals surface area contributed by atoms with Crippen LogP contribution in [0.25, 0.3) is 0 Å². The first-order valence-corrected chi connectivity index (χ1v) is 12.9. The molecule has 0 aliphatic carbocycles. The lowest BCUT2D eigenvalue weighted by Crippen LogP contribution is -2.20. The van der Waals surface area contributed by atoms with Crippen molar-refractivity contribution < 1.29 is 33.2 Å². The van der Waals surface area contributed by atoms with Gasteiger partial charge in [0.15, 0.2) is 12.6 Å². The fourth-order valence-electron chi connectivity index (χ4n) is 3.82. The maximum Gasteiger partial charge on any atom is 0.508 e. The molecule has 4 atom stereocenters. The van der Waals surface area contributed by atoms with E-state index in [1.165, 1.54) is 0 Å². The second kappa shape index (κ2) is 17.9. The largest absolute Gasteiger partial charge is 0.508 e. The molecule has 2 rings (SSSR count). The number of carbonyl (C=O) groups is 1. The third kappa shape index (κ3) is 12.0. The van der Waals surface area contributed by atoms with Gasteiger partial charge in [-0.25, -0.2) is 4.79 Å². The quantitative estimate of drug-likeness (QED) is 0.175. The summed E-state index contributed by atoms with van der Waals surface area (Å²) < 4.78 is 33.3. The Morgan fingerprint density at radius 1 is 0.639 bits per heavy atom. The van der Waals surface area contributed by atoms with E-state index in [0.29, 0.717) is 39.3 Å². The second-order valence-corrected chi connectivity index (χ2v) is 8.45. The lowest BCUT2D eigenvalue weighted by molar-refractivity contribution is -0.131. The number of benzene rings is 2. The summed E-state index contributed by atoms with van der Waals surface area (Å²) in [7, 11) is 0. The van der Waals surface area contributed by atoms with Gasteiger partial charge < -0.3 is 28.4 Å². The minimum atomic E-state index is -0.666. The Morgan fingerprint density at radius 2 is 1.03 bits per heavy atom. The molecule has 7 nitrogen and oxygen atoms in total. The Hall–Kier alpha value is -2.45. The van der Waals surface area contributed by atoms with Crippen molar-refractivity contribution in [1.29, 1.82) is 0 Å². The van der Waals surface area contributed by atoms with Crippen molar-refractivity contribution in [3.8, 4) is 0 Å². The molecule has 0 spiro atoms. The molecule has 0 radical (unpaired) electrons. The summed E-state index contributed by atoms with van der Waals surface area (Å²) in [5.74, 6) is 0.155.